The molecule has 7 heteroatoms. The number of fused-ring (bicyclic) bond motifs is 2. The highest BCUT2D eigenvalue weighted by molar-refractivity contribution is 5.68. The van der Waals surface area contributed by atoms with Gasteiger partial charge in [-0.2, -0.15) is 8.78 Å². The van der Waals surface area contributed by atoms with Gasteiger partial charge < -0.3 is 19.7 Å². The van der Waals surface area contributed by atoms with Crippen molar-refractivity contribution in [1.82, 2.24) is 10.2 Å². The second-order valence-electron chi connectivity index (χ2n) is 5.52. The van der Waals surface area contributed by atoms with E-state index < -0.39 is 12.2 Å². The average Bonchev–Trinajstić information content (AvgIpc) is 3.07. The van der Waals surface area contributed by atoms with Crippen molar-refractivity contribution in [2.45, 2.75) is 25.0 Å². The van der Waals surface area contributed by atoms with Gasteiger partial charge in [-0.1, -0.05) is 0 Å². The molecule has 0 aromatic rings. The van der Waals surface area contributed by atoms with Crippen molar-refractivity contribution in [3.05, 3.63) is 11.7 Å². The zero-order valence-electron chi connectivity index (χ0n) is 11.1. The lowest BCUT2D eigenvalue weighted by Crippen LogP contribution is -2.42. The van der Waals surface area contributed by atoms with E-state index in [9.17, 15) is 13.6 Å². The highest BCUT2D eigenvalue weighted by Gasteiger charge is 2.42. The van der Waals surface area contributed by atoms with Crippen LogP contribution in [0.25, 0.3) is 0 Å². The zero-order valence-corrected chi connectivity index (χ0v) is 11.1. The maximum atomic E-state index is 12.8. The lowest BCUT2D eigenvalue weighted by atomic mass is 9.94. The fourth-order valence-corrected chi connectivity index (χ4v) is 3.10. The molecule has 0 spiro atoms. The van der Waals surface area contributed by atoms with E-state index in [-0.39, 0.29) is 36.8 Å². The Morgan fingerprint density at radius 1 is 1.50 bits per heavy atom. The molecule has 5 nitrogen and oxygen atoms in total. The van der Waals surface area contributed by atoms with E-state index in [2.05, 4.69) is 5.32 Å². The third-order valence-corrected chi connectivity index (χ3v) is 4.26. The van der Waals surface area contributed by atoms with Crippen LogP contribution in [0.4, 0.5) is 13.6 Å². The molecular formula is C13H18F2N2O3. The van der Waals surface area contributed by atoms with Crippen molar-refractivity contribution in [3.8, 4) is 0 Å². The quantitative estimate of drug-likeness (QED) is 0.833. The van der Waals surface area contributed by atoms with E-state index >= 15 is 0 Å². The number of ether oxygens (including phenoxy) is 2. The third-order valence-electron chi connectivity index (χ3n) is 4.26. The van der Waals surface area contributed by atoms with Gasteiger partial charge in [0.15, 0.2) is 0 Å². The molecule has 20 heavy (non-hydrogen) atoms. The van der Waals surface area contributed by atoms with Gasteiger partial charge >= 0.3 is 6.09 Å². The first-order valence-corrected chi connectivity index (χ1v) is 6.95. The molecule has 0 aliphatic carbocycles. The smallest absolute Gasteiger partial charge is 0.410 e. The maximum Gasteiger partial charge on any atom is 0.410 e. The third kappa shape index (κ3) is 2.64. The Hall–Kier alpha value is -1.21. The Bertz CT molecular complexity index is 426. The molecule has 1 N–H and O–H groups in total. The summed E-state index contributed by atoms with van der Waals surface area (Å²) in [4.78, 5) is 13.6. The van der Waals surface area contributed by atoms with E-state index in [1.807, 2.05) is 0 Å². The van der Waals surface area contributed by atoms with Crippen LogP contribution in [0, 0.1) is 5.92 Å². The summed E-state index contributed by atoms with van der Waals surface area (Å²) in [5.74, 6) is -0.374. The summed E-state index contributed by atoms with van der Waals surface area (Å²) >= 11 is 0. The molecule has 1 amide bonds. The van der Waals surface area contributed by atoms with Crippen molar-refractivity contribution in [1.29, 1.82) is 0 Å². The number of amides is 1. The average molecular weight is 288 g/mol. The van der Waals surface area contributed by atoms with Crippen LogP contribution in [0.15, 0.2) is 11.7 Å². The van der Waals surface area contributed by atoms with Crippen molar-refractivity contribution in [2.24, 2.45) is 5.92 Å². The molecule has 3 atom stereocenters. The lowest BCUT2D eigenvalue weighted by molar-refractivity contribution is 0.0189. The Kier molecular flexibility index (Phi) is 3.89. The van der Waals surface area contributed by atoms with Gasteiger partial charge in [-0.15, -0.1) is 0 Å². The molecular weight excluding hydrogens is 270 g/mol. The highest BCUT2D eigenvalue weighted by Crippen LogP contribution is 2.29. The van der Waals surface area contributed by atoms with Crippen LogP contribution < -0.4 is 5.32 Å². The number of morpholine rings is 1. The molecule has 3 saturated heterocycles. The normalized spacial score (nSPS) is 32.6. The summed E-state index contributed by atoms with van der Waals surface area (Å²) < 4.78 is 36.2. The van der Waals surface area contributed by atoms with E-state index in [1.165, 1.54) is 0 Å². The number of piperidine rings is 1. The summed E-state index contributed by atoms with van der Waals surface area (Å²) in [5, 5.41) is 2.91. The van der Waals surface area contributed by atoms with E-state index in [0.29, 0.717) is 26.1 Å². The van der Waals surface area contributed by atoms with E-state index in [1.54, 1.807) is 4.90 Å². The molecule has 3 aliphatic rings. The monoisotopic (exact) mass is 288 g/mol. The van der Waals surface area contributed by atoms with Gasteiger partial charge in [0.05, 0.1) is 25.3 Å². The van der Waals surface area contributed by atoms with Crippen molar-refractivity contribution in [2.75, 3.05) is 32.8 Å². The predicted octanol–water partition coefficient (Wildman–Crippen LogP) is 1.36. The molecule has 1 unspecified atom stereocenters. The summed E-state index contributed by atoms with van der Waals surface area (Å²) in [7, 11) is 0. The van der Waals surface area contributed by atoms with Crippen molar-refractivity contribution in [3.63, 3.8) is 0 Å². The summed E-state index contributed by atoms with van der Waals surface area (Å²) in [5.41, 5.74) is 0.0651. The maximum absolute atomic E-state index is 12.8. The molecule has 0 radical (unpaired) electrons. The number of carbonyl (C=O) groups excluding carboxylic acids is 1. The Labute approximate surface area is 115 Å². The minimum Gasteiger partial charge on any atom is -0.449 e. The number of nitrogens with zero attached hydrogens (tertiary/aromatic N) is 1. The first kappa shape index (κ1) is 13.8. The van der Waals surface area contributed by atoms with Gasteiger partial charge in [-0.3, -0.25) is 0 Å². The summed E-state index contributed by atoms with van der Waals surface area (Å²) in [6.07, 6.45) is -0.531. The van der Waals surface area contributed by atoms with Gasteiger partial charge in [0.1, 0.15) is 6.61 Å². The molecule has 3 heterocycles. The molecule has 0 aromatic heterocycles. The second kappa shape index (κ2) is 5.65. The van der Waals surface area contributed by atoms with Crippen LogP contribution >= 0.6 is 0 Å². The molecule has 0 saturated carbocycles. The molecule has 3 fully saturated rings. The topological polar surface area (TPSA) is 50.8 Å². The van der Waals surface area contributed by atoms with Gasteiger partial charge in [0.2, 0.25) is 0 Å². The lowest BCUT2D eigenvalue weighted by Gasteiger charge is -2.29. The molecule has 112 valence electrons. The second-order valence-corrected chi connectivity index (χ2v) is 5.52. The highest BCUT2D eigenvalue weighted by atomic mass is 19.3. The van der Waals surface area contributed by atoms with Crippen LogP contribution in [0.2, 0.25) is 0 Å². The molecule has 3 aliphatic heterocycles. The van der Waals surface area contributed by atoms with Crippen LogP contribution in [0.5, 0.6) is 0 Å². The largest absolute Gasteiger partial charge is 0.449 e. The SMILES string of the molecule is O=C(OCC1CCNCC1=C(F)F)N1C[C@H]2C[C@@H]1CO2. The van der Waals surface area contributed by atoms with Gasteiger partial charge in [0.25, 0.3) is 6.08 Å². The number of nitrogens with one attached hydrogen (secondary N) is 1. The summed E-state index contributed by atoms with van der Waals surface area (Å²) in [6.45, 7) is 1.98. The fourth-order valence-electron chi connectivity index (χ4n) is 3.10. The molecule has 0 aromatic carbocycles. The van der Waals surface area contributed by atoms with E-state index in [4.69, 9.17) is 9.47 Å². The minimum absolute atomic E-state index is 0.0297. The first-order chi connectivity index (χ1) is 9.65. The van der Waals surface area contributed by atoms with Gasteiger partial charge in [0, 0.05) is 18.0 Å². The summed E-state index contributed by atoms with van der Waals surface area (Å²) in [6, 6.07) is 0.0912. The Morgan fingerprint density at radius 3 is 3.00 bits per heavy atom. The number of hydrogen-bond acceptors (Lipinski definition) is 4. The Balaban J connectivity index is 1.53. The standard InChI is InChI=1S/C13H18F2N2O3/c14-12(15)11-4-16-2-1-8(11)6-20-13(18)17-5-10-3-9(17)7-19-10/h8-10,16H,1-7H2/t8?,9-,10-/m1/s1. The number of halogens is 2. The van der Waals surface area contributed by atoms with Gasteiger partial charge in [-0.05, 0) is 19.4 Å². The molecule has 2 bridgehead atoms. The Morgan fingerprint density at radius 2 is 2.35 bits per heavy atom. The minimum atomic E-state index is -1.66. The zero-order chi connectivity index (χ0) is 14.1. The van der Waals surface area contributed by atoms with Crippen LogP contribution in [-0.4, -0.2) is 56.0 Å². The van der Waals surface area contributed by atoms with Crippen LogP contribution in [-0.2, 0) is 9.47 Å². The number of hydrogen-bond donors (Lipinski definition) is 1. The van der Waals surface area contributed by atoms with Crippen molar-refractivity contribution < 1.29 is 23.0 Å². The number of likely N-dealkylation sites (tertiary alicyclic amines) is 1. The first-order valence-electron chi connectivity index (χ1n) is 6.95. The van der Waals surface area contributed by atoms with Crippen LogP contribution in [0.3, 0.4) is 0 Å². The van der Waals surface area contributed by atoms with Crippen LogP contribution in [0.1, 0.15) is 12.8 Å². The fraction of sp³-hybridized carbons (Fsp3) is 0.769. The predicted molar refractivity (Wildman–Crippen MR) is 66.4 cm³/mol. The molecule has 3 rings (SSSR count). The number of carbonyl (C=O) groups is 1. The van der Waals surface area contributed by atoms with Gasteiger partial charge in [-0.25, -0.2) is 4.79 Å². The van der Waals surface area contributed by atoms with Crippen molar-refractivity contribution >= 4 is 6.09 Å². The van der Waals surface area contributed by atoms with E-state index in [0.717, 1.165) is 6.42 Å². The number of rotatable bonds is 2.